The summed E-state index contributed by atoms with van der Waals surface area (Å²) in [5.74, 6) is 1.20. The van der Waals surface area contributed by atoms with Crippen molar-refractivity contribution in [3.8, 4) is 11.5 Å². The van der Waals surface area contributed by atoms with Crippen molar-refractivity contribution in [2.75, 3.05) is 20.3 Å². The van der Waals surface area contributed by atoms with Crippen molar-refractivity contribution in [2.45, 2.75) is 12.8 Å². The van der Waals surface area contributed by atoms with Gasteiger partial charge >= 0.3 is 0 Å². The van der Waals surface area contributed by atoms with Crippen molar-refractivity contribution in [1.29, 1.82) is 0 Å². The number of fused-ring (bicyclic) bond motifs is 1. The van der Waals surface area contributed by atoms with Crippen LogP contribution in [0.3, 0.4) is 0 Å². The molecule has 3 aromatic rings. The molecule has 1 N–H and O–H groups in total. The van der Waals surface area contributed by atoms with Crippen LogP contribution in [0.2, 0.25) is 0 Å². The van der Waals surface area contributed by atoms with Crippen LogP contribution in [0.5, 0.6) is 11.5 Å². The van der Waals surface area contributed by atoms with E-state index in [1.807, 2.05) is 42.5 Å². The fourth-order valence-corrected chi connectivity index (χ4v) is 2.76. The second kappa shape index (κ2) is 8.89. The van der Waals surface area contributed by atoms with Gasteiger partial charge in [-0.2, -0.15) is 0 Å². The fraction of sp³-hybridized carbons (Fsp3) is 0.238. The summed E-state index contributed by atoms with van der Waals surface area (Å²) in [6.07, 6.45) is 2.05. The normalized spacial score (nSPS) is 10.6. The number of nitrogens with zero attached hydrogens (tertiary/aromatic N) is 1. The standard InChI is InChI=1S/C21H22N2O4/c1-26-17-6-8-18(9-7-17)27-15-13-22-20(24)10-11-21(25)23-14-12-16-4-2-3-5-19(16)23/h2-9,12,14H,10-11,13,15H2,1H3,(H,22,24). The second-order valence-electron chi connectivity index (χ2n) is 6.01. The first-order valence-corrected chi connectivity index (χ1v) is 8.80. The van der Waals surface area contributed by atoms with Crippen molar-refractivity contribution in [2.24, 2.45) is 0 Å². The molecule has 0 spiro atoms. The maximum atomic E-state index is 12.3. The van der Waals surface area contributed by atoms with Gasteiger partial charge in [0.15, 0.2) is 0 Å². The van der Waals surface area contributed by atoms with Gasteiger partial charge in [0, 0.05) is 24.4 Å². The highest BCUT2D eigenvalue weighted by Crippen LogP contribution is 2.17. The van der Waals surface area contributed by atoms with E-state index < -0.39 is 0 Å². The van der Waals surface area contributed by atoms with Gasteiger partial charge in [-0.05, 0) is 36.4 Å². The quantitative estimate of drug-likeness (QED) is 0.621. The lowest BCUT2D eigenvalue weighted by molar-refractivity contribution is -0.121. The van der Waals surface area contributed by atoms with Crippen molar-refractivity contribution in [1.82, 2.24) is 9.88 Å². The molecule has 140 valence electrons. The number of para-hydroxylation sites is 1. The van der Waals surface area contributed by atoms with Gasteiger partial charge in [-0.3, -0.25) is 14.2 Å². The third-order valence-electron chi connectivity index (χ3n) is 4.19. The largest absolute Gasteiger partial charge is 0.497 e. The van der Waals surface area contributed by atoms with Gasteiger partial charge in [0.25, 0.3) is 0 Å². The molecule has 3 rings (SSSR count). The van der Waals surface area contributed by atoms with E-state index in [1.165, 1.54) is 0 Å². The smallest absolute Gasteiger partial charge is 0.231 e. The van der Waals surface area contributed by atoms with Crippen LogP contribution in [0.4, 0.5) is 0 Å². The van der Waals surface area contributed by atoms with E-state index in [0.29, 0.717) is 18.9 Å². The molecule has 6 nitrogen and oxygen atoms in total. The number of ether oxygens (including phenoxy) is 2. The van der Waals surface area contributed by atoms with E-state index in [2.05, 4.69) is 5.32 Å². The van der Waals surface area contributed by atoms with E-state index >= 15 is 0 Å². The minimum Gasteiger partial charge on any atom is -0.497 e. The lowest BCUT2D eigenvalue weighted by atomic mass is 10.2. The highest BCUT2D eigenvalue weighted by atomic mass is 16.5. The number of rotatable bonds is 8. The summed E-state index contributed by atoms with van der Waals surface area (Å²) < 4.78 is 12.2. The van der Waals surface area contributed by atoms with Gasteiger partial charge in [0.2, 0.25) is 11.8 Å². The first kappa shape index (κ1) is 18.5. The topological polar surface area (TPSA) is 69.6 Å². The Kier molecular flexibility index (Phi) is 6.10. The molecule has 0 radical (unpaired) electrons. The molecule has 0 unspecified atom stereocenters. The van der Waals surface area contributed by atoms with Crippen molar-refractivity contribution < 1.29 is 19.1 Å². The molecule has 2 aromatic carbocycles. The summed E-state index contributed by atoms with van der Waals surface area (Å²) in [6, 6.07) is 16.8. The first-order valence-electron chi connectivity index (χ1n) is 8.80. The second-order valence-corrected chi connectivity index (χ2v) is 6.01. The molecule has 1 aromatic heterocycles. The van der Waals surface area contributed by atoms with Gasteiger partial charge in [0.05, 0.1) is 19.2 Å². The van der Waals surface area contributed by atoms with Crippen LogP contribution in [-0.2, 0) is 4.79 Å². The molecule has 1 heterocycles. The third kappa shape index (κ3) is 4.88. The maximum Gasteiger partial charge on any atom is 0.231 e. The van der Waals surface area contributed by atoms with E-state index in [4.69, 9.17) is 9.47 Å². The summed E-state index contributed by atoms with van der Waals surface area (Å²) in [5, 5.41) is 3.77. The lowest BCUT2D eigenvalue weighted by Gasteiger charge is -2.08. The van der Waals surface area contributed by atoms with Crippen molar-refractivity contribution in [3.05, 3.63) is 60.8 Å². The summed E-state index contributed by atoms with van der Waals surface area (Å²) in [6.45, 7) is 0.736. The summed E-state index contributed by atoms with van der Waals surface area (Å²) in [7, 11) is 1.61. The predicted molar refractivity (Wildman–Crippen MR) is 103 cm³/mol. The van der Waals surface area contributed by atoms with Gasteiger partial charge in [-0.1, -0.05) is 18.2 Å². The number of methoxy groups -OCH3 is 1. The highest BCUT2D eigenvalue weighted by Gasteiger charge is 2.11. The zero-order valence-corrected chi connectivity index (χ0v) is 15.2. The van der Waals surface area contributed by atoms with Crippen LogP contribution in [0.1, 0.15) is 17.6 Å². The Morgan fingerprint density at radius 2 is 1.70 bits per heavy atom. The van der Waals surface area contributed by atoms with Crippen LogP contribution < -0.4 is 14.8 Å². The zero-order valence-electron chi connectivity index (χ0n) is 15.2. The van der Waals surface area contributed by atoms with E-state index in [9.17, 15) is 9.59 Å². The number of hydrogen-bond donors (Lipinski definition) is 1. The Morgan fingerprint density at radius 3 is 2.48 bits per heavy atom. The molecule has 1 amide bonds. The van der Waals surface area contributed by atoms with Crippen LogP contribution >= 0.6 is 0 Å². The van der Waals surface area contributed by atoms with Crippen molar-refractivity contribution >= 4 is 22.7 Å². The molecule has 6 heteroatoms. The number of benzene rings is 2. The lowest BCUT2D eigenvalue weighted by Crippen LogP contribution is -2.28. The highest BCUT2D eigenvalue weighted by molar-refractivity contribution is 5.93. The van der Waals surface area contributed by atoms with Crippen LogP contribution in [0, 0.1) is 0 Å². The molecule has 0 fully saturated rings. The van der Waals surface area contributed by atoms with Gasteiger partial charge in [0.1, 0.15) is 18.1 Å². The predicted octanol–water partition coefficient (Wildman–Crippen LogP) is 3.27. The molecule has 0 bridgehead atoms. The molecule has 0 saturated heterocycles. The molecular weight excluding hydrogens is 344 g/mol. The fourth-order valence-electron chi connectivity index (χ4n) is 2.76. The zero-order chi connectivity index (χ0) is 19.1. The Labute approximate surface area is 157 Å². The average molecular weight is 366 g/mol. The SMILES string of the molecule is COc1ccc(OCCNC(=O)CCC(=O)n2ccc3ccccc32)cc1. The number of amides is 1. The Hall–Kier alpha value is -3.28. The third-order valence-corrected chi connectivity index (χ3v) is 4.19. The van der Waals surface area contributed by atoms with Gasteiger partial charge < -0.3 is 14.8 Å². The molecule has 0 aliphatic rings. The molecule has 0 aliphatic heterocycles. The summed E-state index contributed by atoms with van der Waals surface area (Å²) in [5.41, 5.74) is 0.857. The number of carbonyl (C=O) groups is 2. The van der Waals surface area contributed by atoms with Crippen LogP contribution in [0.25, 0.3) is 10.9 Å². The number of nitrogens with one attached hydrogen (secondary N) is 1. The number of carbonyl (C=O) groups excluding carboxylic acids is 2. The van der Waals surface area contributed by atoms with E-state index in [1.54, 1.807) is 30.0 Å². The van der Waals surface area contributed by atoms with Crippen molar-refractivity contribution in [3.63, 3.8) is 0 Å². The van der Waals surface area contributed by atoms with E-state index in [0.717, 1.165) is 16.7 Å². The molecule has 0 atom stereocenters. The summed E-state index contributed by atoms with van der Waals surface area (Å²) >= 11 is 0. The van der Waals surface area contributed by atoms with Crippen LogP contribution in [0.15, 0.2) is 60.8 Å². The minimum atomic E-state index is -0.168. The molecule has 0 aliphatic carbocycles. The Morgan fingerprint density at radius 1 is 0.963 bits per heavy atom. The molecule has 27 heavy (non-hydrogen) atoms. The number of aromatic nitrogens is 1. The summed E-state index contributed by atoms with van der Waals surface area (Å²) in [4.78, 5) is 24.3. The van der Waals surface area contributed by atoms with Crippen LogP contribution in [-0.4, -0.2) is 36.6 Å². The first-order chi connectivity index (χ1) is 13.2. The molecular formula is C21H22N2O4. The monoisotopic (exact) mass is 366 g/mol. The van der Waals surface area contributed by atoms with Gasteiger partial charge in [-0.15, -0.1) is 0 Å². The van der Waals surface area contributed by atoms with E-state index in [-0.39, 0.29) is 24.7 Å². The Bertz CT molecular complexity index is 915. The average Bonchev–Trinajstić information content (AvgIpc) is 3.14. The van der Waals surface area contributed by atoms with Gasteiger partial charge in [-0.25, -0.2) is 0 Å². The Balaban J connectivity index is 1.38. The maximum absolute atomic E-state index is 12.3. The number of hydrogen-bond acceptors (Lipinski definition) is 4. The molecule has 0 saturated carbocycles. The minimum absolute atomic E-state index is 0.0965.